The SMILES string of the molecule is CCOC1C(O)C2=C(OC1(C)C)C1(C(=O)c3ccccc3)C(=O)C(CC=C(C)C)(CC(CC=C(C)C)C1(C)C)C2=O. The zero-order chi connectivity index (χ0) is 30.5. The molecule has 0 spiro atoms. The van der Waals surface area contributed by atoms with E-state index in [-0.39, 0.29) is 30.1 Å². The molecule has 6 nitrogen and oxygen atoms in total. The minimum absolute atomic E-state index is 0.00883. The van der Waals surface area contributed by atoms with Gasteiger partial charge in [0.2, 0.25) is 0 Å². The molecule has 1 aromatic carbocycles. The molecule has 222 valence electrons. The average molecular weight is 563 g/mol. The zero-order valence-electron chi connectivity index (χ0n) is 26.1. The highest BCUT2D eigenvalue weighted by atomic mass is 16.6. The van der Waals surface area contributed by atoms with Gasteiger partial charge in [-0.2, -0.15) is 0 Å². The fourth-order valence-electron chi connectivity index (χ4n) is 7.31. The molecule has 6 heteroatoms. The lowest BCUT2D eigenvalue weighted by molar-refractivity contribution is -0.194. The van der Waals surface area contributed by atoms with Crippen molar-refractivity contribution < 1.29 is 29.0 Å². The molecule has 0 amide bonds. The van der Waals surface area contributed by atoms with Crippen LogP contribution < -0.4 is 0 Å². The predicted molar refractivity (Wildman–Crippen MR) is 159 cm³/mol. The molecule has 4 rings (SSSR count). The van der Waals surface area contributed by atoms with Crippen molar-refractivity contribution in [1.82, 2.24) is 0 Å². The van der Waals surface area contributed by atoms with Gasteiger partial charge in [-0.3, -0.25) is 14.4 Å². The summed E-state index contributed by atoms with van der Waals surface area (Å²) < 4.78 is 12.6. The number of Topliss-reactive ketones (excluding diaryl/α,β-unsaturated/α-hetero) is 3. The molecular weight excluding hydrogens is 516 g/mol. The summed E-state index contributed by atoms with van der Waals surface area (Å²) in [5, 5.41) is 11.9. The van der Waals surface area contributed by atoms with Gasteiger partial charge in [0.05, 0.1) is 11.0 Å². The highest BCUT2D eigenvalue weighted by Gasteiger charge is 2.77. The maximum Gasteiger partial charge on any atom is 0.184 e. The molecule has 1 fully saturated rings. The summed E-state index contributed by atoms with van der Waals surface area (Å²) in [6.07, 6.45) is 2.87. The van der Waals surface area contributed by atoms with E-state index in [1.807, 2.05) is 60.6 Å². The van der Waals surface area contributed by atoms with Crippen molar-refractivity contribution in [2.75, 3.05) is 6.61 Å². The number of carbonyl (C=O) groups excluding carboxylic acids is 3. The fraction of sp³-hybridized carbons (Fsp3) is 0.571. The number of hydrogen-bond donors (Lipinski definition) is 1. The molecule has 5 atom stereocenters. The second kappa shape index (κ2) is 10.8. The smallest absolute Gasteiger partial charge is 0.184 e. The Morgan fingerprint density at radius 3 is 2.20 bits per heavy atom. The average Bonchev–Trinajstić information content (AvgIpc) is 2.89. The number of allylic oxidation sites excluding steroid dienone is 5. The summed E-state index contributed by atoms with van der Waals surface area (Å²) in [4.78, 5) is 45.0. The van der Waals surface area contributed by atoms with E-state index < -0.39 is 51.4 Å². The Balaban J connectivity index is 2.16. The maximum atomic E-state index is 15.3. The normalized spacial score (nSPS) is 31.6. The highest BCUT2D eigenvalue weighted by molar-refractivity contribution is 6.30. The lowest BCUT2D eigenvalue weighted by Crippen LogP contribution is -2.72. The van der Waals surface area contributed by atoms with Gasteiger partial charge in [-0.15, -0.1) is 0 Å². The Hall–Kier alpha value is -2.83. The Kier molecular flexibility index (Phi) is 8.18. The zero-order valence-corrected chi connectivity index (χ0v) is 26.1. The van der Waals surface area contributed by atoms with Crippen LogP contribution in [0.15, 0.2) is 65.0 Å². The molecule has 1 heterocycles. The Morgan fingerprint density at radius 2 is 1.63 bits per heavy atom. The van der Waals surface area contributed by atoms with Crippen molar-refractivity contribution in [3.63, 3.8) is 0 Å². The molecule has 1 saturated carbocycles. The number of ketones is 3. The van der Waals surface area contributed by atoms with Crippen LogP contribution in [0.2, 0.25) is 0 Å². The Morgan fingerprint density at radius 1 is 1.02 bits per heavy atom. The number of ether oxygens (including phenoxy) is 2. The van der Waals surface area contributed by atoms with E-state index in [2.05, 4.69) is 6.08 Å². The van der Waals surface area contributed by atoms with Gasteiger partial charge in [0.1, 0.15) is 23.6 Å². The van der Waals surface area contributed by atoms with Crippen LogP contribution in [0.1, 0.15) is 91.9 Å². The predicted octanol–water partition coefficient (Wildman–Crippen LogP) is 6.58. The van der Waals surface area contributed by atoms with Gasteiger partial charge in [-0.25, -0.2) is 0 Å². The molecule has 1 N–H and O–H groups in total. The van der Waals surface area contributed by atoms with E-state index in [0.717, 1.165) is 11.1 Å². The monoisotopic (exact) mass is 562 g/mol. The number of carbonyl (C=O) groups is 3. The highest BCUT2D eigenvalue weighted by Crippen LogP contribution is 2.68. The van der Waals surface area contributed by atoms with Crippen LogP contribution in [0.5, 0.6) is 0 Å². The first-order valence-electron chi connectivity index (χ1n) is 14.8. The maximum absolute atomic E-state index is 15.3. The number of benzene rings is 1. The van der Waals surface area contributed by atoms with E-state index in [9.17, 15) is 9.90 Å². The lowest BCUT2D eigenvalue weighted by Gasteiger charge is -2.62. The van der Waals surface area contributed by atoms with Gasteiger partial charge in [0.25, 0.3) is 0 Å². The van der Waals surface area contributed by atoms with E-state index in [1.165, 1.54) is 0 Å². The number of hydrogen-bond acceptors (Lipinski definition) is 6. The fourth-order valence-corrected chi connectivity index (χ4v) is 7.31. The number of fused-ring (bicyclic) bond motifs is 3. The molecule has 0 saturated heterocycles. The van der Waals surface area contributed by atoms with Gasteiger partial charge in [0.15, 0.2) is 22.8 Å². The van der Waals surface area contributed by atoms with Crippen LogP contribution in [-0.4, -0.2) is 46.9 Å². The van der Waals surface area contributed by atoms with Gasteiger partial charge in [-0.1, -0.05) is 67.5 Å². The summed E-state index contributed by atoms with van der Waals surface area (Å²) in [6, 6.07) is 8.79. The first-order chi connectivity index (χ1) is 19.1. The standard InChI is InChI=1S/C35H46O6/c1-10-40-30-26(36)25-28(38)34(19-18-22(4)5)20-24(17-16-21(2)3)32(6,7)35(31(34)39,29(25)41-33(30,8)9)27(37)23-14-12-11-13-15-23/h11-16,18,24,26,30,36H,10,17,19-20H2,1-9H3. The molecule has 2 aliphatic carbocycles. The van der Waals surface area contributed by atoms with Crippen molar-refractivity contribution in [2.45, 2.75) is 99.4 Å². The molecule has 1 aromatic rings. The van der Waals surface area contributed by atoms with E-state index >= 15 is 9.59 Å². The lowest BCUT2D eigenvalue weighted by atomic mass is 9.39. The molecule has 1 aliphatic heterocycles. The van der Waals surface area contributed by atoms with Crippen LogP contribution >= 0.6 is 0 Å². The number of rotatable bonds is 8. The molecule has 3 aliphatic rings. The van der Waals surface area contributed by atoms with Gasteiger partial charge >= 0.3 is 0 Å². The van der Waals surface area contributed by atoms with E-state index in [1.54, 1.807) is 38.1 Å². The summed E-state index contributed by atoms with van der Waals surface area (Å²) in [5.41, 5.74) is -2.91. The second-order valence-electron chi connectivity index (χ2n) is 13.6. The number of aliphatic hydroxyl groups is 1. The van der Waals surface area contributed by atoms with Crippen LogP contribution in [-0.2, 0) is 19.1 Å². The molecule has 0 radical (unpaired) electrons. The third-order valence-electron chi connectivity index (χ3n) is 9.65. The summed E-state index contributed by atoms with van der Waals surface area (Å²) >= 11 is 0. The third kappa shape index (κ3) is 4.58. The quantitative estimate of drug-likeness (QED) is 0.219. The number of aliphatic hydroxyl groups excluding tert-OH is 1. The van der Waals surface area contributed by atoms with E-state index in [0.29, 0.717) is 18.6 Å². The topological polar surface area (TPSA) is 89.9 Å². The molecular formula is C35H46O6. The van der Waals surface area contributed by atoms with Gasteiger partial charge < -0.3 is 14.6 Å². The summed E-state index contributed by atoms with van der Waals surface area (Å²) in [7, 11) is 0. The van der Waals surface area contributed by atoms with Crippen molar-refractivity contribution in [3.05, 3.63) is 70.5 Å². The first-order valence-corrected chi connectivity index (χ1v) is 14.8. The molecule has 2 bridgehead atoms. The summed E-state index contributed by atoms with van der Waals surface area (Å²) in [5.74, 6) is -1.45. The molecule has 41 heavy (non-hydrogen) atoms. The summed E-state index contributed by atoms with van der Waals surface area (Å²) in [6.45, 7) is 17.5. The van der Waals surface area contributed by atoms with Crippen LogP contribution in [0.4, 0.5) is 0 Å². The first kappa shape index (κ1) is 31.1. The van der Waals surface area contributed by atoms with Gasteiger partial charge in [-0.05, 0) is 79.1 Å². The van der Waals surface area contributed by atoms with Gasteiger partial charge in [0, 0.05) is 12.2 Å². The van der Waals surface area contributed by atoms with Crippen LogP contribution in [0, 0.1) is 22.2 Å². The second-order valence-corrected chi connectivity index (χ2v) is 13.6. The molecule has 0 aromatic heterocycles. The molecule has 5 unspecified atom stereocenters. The van der Waals surface area contributed by atoms with E-state index in [4.69, 9.17) is 9.47 Å². The van der Waals surface area contributed by atoms with Crippen molar-refractivity contribution in [1.29, 1.82) is 0 Å². The van der Waals surface area contributed by atoms with Crippen molar-refractivity contribution in [3.8, 4) is 0 Å². The van der Waals surface area contributed by atoms with Crippen LogP contribution in [0.25, 0.3) is 0 Å². The van der Waals surface area contributed by atoms with Crippen molar-refractivity contribution >= 4 is 17.3 Å². The Labute approximate surface area is 244 Å². The van der Waals surface area contributed by atoms with Crippen LogP contribution in [0.3, 0.4) is 0 Å². The largest absolute Gasteiger partial charge is 0.487 e. The third-order valence-corrected chi connectivity index (χ3v) is 9.65. The minimum atomic E-state index is -1.82. The minimum Gasteiger partial charge on any atom is -0.487 e. The van der Waals surface area contributed by atoms with Crippen molar-refractivity contribution in [2.24, 2.45) is 22.2 Å². The Bertz CT molecular complexity index is 1320.